The highest BCUT2D eigenvalue weighted by molar-refractivity contribution is 6.29. The van der Waals surface area contributed by atoms with E-state index in [1.165, 1.54) is 6.07 Å². The lowest BCUT2D eigenvalue weighted by Gasteiger charge is -2.03. The number of pyridine rings is 1. The van der Waals surface area contributed by atoms with E-state index in [1.807, 2.05) is 6.07 Å². The summed E-state index contributed by atoms with van der Waals surface area (Å²) in [7, 11) is 0. The molecule has 0 bridgehead atoms. The molecule has 1 amide bonds. The minimum Gasteiger partial charge on any atom is -0.351 e. The lowest BCUT2D eigenvalue weighted by atomic mass is 10.2. The Morgan fingerprint density at radius 3 is 3.00 bits per heavy atom. The molecule has 15 heavy (non-hydrogen) atoms. The maximum atomic E-state index is 11.5. The van der Waals surface area contributed by atoms with Gasteiger partial charge in [-0.2, -0.15) is 5.26 Å². The molecule has 0 aliphatic heterocycles. The van der Waals surface area contributed by atoms with Gasteiger partial charge < -0.3 is 5.32 Å². The zero-order valence-corrected chi connectivity index (χ0v) is 9.01. The molecule has 0 spiro atoms. The molecule has 0 aliphatic carbocycles. The fourth-order valence-corrected chi connectivity index (χ4v) is 1.34. The molecule has 0 aliphatic rings. The van der Waals surface area contributed by atoms with Gasteiger partial charge in [-0.1, -0.05) is 11.6 Å². The molecule has 0 radical (unpaired) electrons. The first-order valence-electron chi connectivity index (χ1n) is 4.43. The molecule has 78 valence electrons. The van der Waals surface area contributed by atoms with Crippen molar-refractivity contribution in [3.8, 4) is 6.07 Å². The minimum absolute atomic E-state index is 0.238. The molecule has 5 heteroatoms. The second-order valence-electron chi connectivity index (χ2n) is 2.98. The van der Waals surface area contributed by atoms with Gasteiger partial charge in [-0.15, -0.1) is 0 Å². The zero-order valence-electron chi connectivity index (χ0n) is 8.25. The third-order valence-corrected chi connectivity index (χ3v) is 1.90. The van der Waals surface area contributed by atoms with E-state index in [2.05, 4.69) is 10.3 Å². The van der Waals surface area contributed by atoms with Gasteiger partial charge in [-0.05, 0) is 19.1 Å². The number of amides is 1. The molecule has 4 nitrogen and oxygen atoms in total. The molecule has 1 rings (SSSR count). The van der Waals surface area contributed by atoms with E-state index >= 15 is 0 Å². The Hall–Kier alpha value is -1.60. The van der Waals surface area contributed by atoms with Crippen LogP contribution < -0.4 is 5.32 Å². The molecule has 0 saturated carbocycles. The van der Waals surface area contributed by atoms with Gasteiger partial charge in [0.1, 0.15) is 5.15 Å². The van der Waals surface area contributed by atoms with Crippen LogP contribution in [0.4, 0.5) is 0 Å². The van der Waals surface area contributed by atoms with Gasteiger partial charge in [-0.25, -0.2) is 4.98 Å². The number of nitriles is 1. The Morgan fingerprint density at radius 2 is 2.40 bits per heavy atom. The average molecular weight is 224 g/mol. The number of halogens is 1. The van der Waals surface area contributed by atoms with Gasteiger partial charge in [0.15, 0.2) is 0 Å². The second-order valence-corrected chi connectivity index (χ2v) is 3.37. The Morgan fingerprint density at radius 1 is 1.67 bits per heavy atom. The summed E-state index contributed by atoms with van der Waals surface area (Å²) in [6.07, 6.45) is 0.295. The fraction of sp³-hybridized carbons (Fsp3) is 0.300. The smallest absolute Gasteiger partial charge is 0.251 e. The minimum atomic E-state index is -0.238. The third-order valence-electron chi connectivity index (χ3n) is 1.71. The Kier molecular flexibility index (Phi) is 4.07. The van der Waals surface area contributed by atoms with Crippen molar-refractivity contribution in [3.05, 3.63) is 28.5 Å². The quantitative estimate of drug-likeness (QED) is 0.626. The molecule has 0 atom stereocenters. The molecular formula is C10H10ClN3O. The van der Waals surface area contributed by atoms with Crippen LogP contribution in [0.15, 0.2) is 12.1 Å². The van der Waals surface area contributed by atoms with Crippen molar-refractivity contribution in [1.82, 2.24) is 10.3 Å². The normalized spacial score (nSPS) is 9.40. The molecule has 0 saturated heterocycles. The summed E-state index contributed by atoms with van der Waals surface area (Å²) in [5.74, 6) is -0.238. The number of hydrogen-bond donors (Lipinski definition) is 1. The van der Waals surface area contributed by atoms with Crippen LogP contribution in [0.3, 0.4) is 0 Å². The largest absolute Gasteiger partial charge is 0.351 e. The summed E-state index contributed by atoms with van der Waals surface area (Å²) in [5.41, 5.74) is 1.15. The highest BCUT2D eigenvalue weighted by Crippen LogP contribution is 2.10. The first-order valence-corrected chi connectivity index (χ1v) is 4.80. The van der Waals surface area contributed by atoms with Crippen molar-refractivity contribution in [2.75, 3.05) is 6.54 Å². The van der Waals surface area contributed by atoms with Crippen LogP contribution in [-0.2, 0) is 0 Å². The predicted octanol–water partition coefficient (Wildman–Crippen LogP) is 1.69. The number of aryl methyl sites for hydroxylation is 1. The van der Waals surface area contributed by atoms with Gasteiger partial charge in [0, 0.05) is 17.8 Å². The summed E-state index contributed by atoms with van der Waals surface area (Å²) in [4.78, 5) is 15.5. The van der Waals surface area contributed by atoms with Crippen LogP contribution in [0, 0.1) is 18.3 Å². The van der Waals surface area contributed by atoms with Crippen LogP contribution in [0.5, 0.6) is 0 Å². The maximum Gasteiger partial charge on any atom is 0.251 e. The van der Waals surface area contributed by atoms with Crippen LogP contribution in [0.2, 0.25) is 5.15 Å². The molecule has 0 fully saturated rings. The number of hydrogen-bond acceptors (Lipinski definition) is 3. The molecule has 1 N–H and O–H groups in total. The highest BCUT2D eigenvalue weighted by atomic mass is 35.5. The number of aromatic nitrogens is 1. The topological polar surface area (TPSA) is 65.8 Å². The molecule has 0 unspecified atom stereocenters. The zero-order chi connectivity index (χ0) is 11.3. The Labute approximate surface area is 92.9 Å². The Bertz CT molecular complexity index is 391. The van der Waals surface area contributed by atoms with E-state index in [0.29, 0.717) is 29.4 Å². The van der Waals surface area contributed by atoms with E-state index in [1.54, 1.807) is 13.0 Å². The van der Waals surface area contributed by atoms with Crippen molar-refractivity contribution < 1.29 is 4.79 Å². The number of carbonyl (C=O) groups is 1. The van der Waals surface area contributed by atoms with Gasteiger partial charge >= 0.3 is 0 Å². The maximum absolute atomic E-state index is 11.5. The lowest BCUT2D eigenvalue weighted by Crippen LogP contribution is -2.24. The first-order chi connectivity index (χ1) is 7.13. The summed E-state index contributed by atoms with van der Waals surface area (Å²) >= 11 is 5.71. The number of nitrogens with zero attached hydrogens (tertiary/aromatic N) is 2. The van der Waals surface area contributed by atoms with E-state index in [-0.39, 0.29) is 5.91 Å². The predicted molar refractivity (Wildman–Crippen MR) is 56.5 cm³/mol. The van der Waals surface area contributed by atoms with Crippen molar-refractivity contribution in [2.24, 2.45) is 0 Å². The van der Waals surface area contributed by atoms with Crippen molar-refractivity contribution in [3.63, 3.8) is 0 Å². The highest BCUT2D eigenvalue weighted by Gasteiger charge is 2.06. The standard InChI is InChI=1S/C10H10ClN3O/c1-7-5-8(6-9(11)14-7)10(15)13-4-2-3-12/h5-6H,2,4H2,1H3,(H,13,15). The molecular weight excluding hydrogens is 214 g/mol. The van der Waals surface area contributed by atoms with Gasteiger partial charge in [0.05, 0.1) is 12.5 Å². The molecule has 1 heterocycles. The van der Waals surface area contributed by atoms with E-state index in [0.717, 1.165) is 0 Å². The summed E-state index contributed by atoms with van der Waals surface area (Å²) < 4.78 is 0. The SMILES string of the molecule is Cc1cc(C(=O)NCCC#N)cc(Cl)n1. The lowest BCUT2D eigenvalue weighted by molar-refractivity contribution is 0.0954. The fourth-order valence-electron chi connectivity index (χ4n) is 1.09. The van der Waals surface area contributed by atoms with Gasteiger partial charge in [0.2, 0.25) is 0 Å². The van der Waals surface area contributed by atoms with Gasteiger partial charge in [0.25, 0.3) is 5.91 Å². The summed E-state index contributed by atoms with van der Waals surface area (Å²) in [5, 5.41) is 11.2. The summed E-state index contributed by atoms with van der Waals surface area (Å²) in [6.45, 7) is 2.10. The monoisotopic (exact) mass is 223 g/mol. The van der Waals surface area contributed by atoms with Crippen molar-refractivity contribution in [1.29, 1.82) is 5.26 Å². The van der Waals surface area contributed by atoms with Crippen LogP contribution in [-0.4, -0.2) is 17.4 Å². The van der Waals surface area contributed by atoms with Crippen LogP contribution in [0.25, 0.3) is 0 Å². The molecule has 1 aromatic rings. The Balaban J connectivity index is 2.70. The van der Waals surface area contributed by atoms with Crippen LogP contribution in [0.1, 0.15) is 22.5 Å². The van der Waals surface area contributed by atoms with E-state index in [9.17, 15) is 4.79 Å². The third kappa shape index (κ3) is 3.56. The molecule has 1 aromatic heterocycles. The van der Waals surface area contributed by atoms with Gasteiger partial charge in [-0.3, -0.25) is 4.79 Å². The average Bonchev–Trinajstić information content (AvgIpc) is 2.16. The van der Waals surface area contributed by atoms with E-state index < -0.39 is 0 Å². The first kappa shape index (κ1) is 11.5. The number of nitrogens with one attached hydrogen (secondary N) is 1. The van der Waals surface area contributed by atoms with Crippen molar-refractivity contribution >= 4 is 17.5 Å². The number of carbonyl (C=O) groups excluding carboxylic acids is 1. The van der Waals surface area contributed by atoms with Crippen molar-refractivity contribution in [2.45, 2.75) is 13.3 Å². The summed E-state index contributed by atoms with van der Waals surface area (Å²) in [6, 6.07) is 5.09. The van der Waals surface area contributed by atoms with E-state index in [4.69, 9.17) is 16.9 Å². The molecule has 0 aromatic carbocycles. The van der Waals surface area contributed by atoms with Crippen LogP contribution >= 0.6 is 11.6 Å². The number of rotatable bonds is 3. The second kappa shape index (κ2) is 5.32.